The zero-order valence-corrected chi connectivity index (χ0v) is 7.32. The zero-order chi connectivity index (χ0) is 8.55. The molecule has 0 aliphatic heterocycles. The molecule has 66 valence electrons. The summed E-state index contributed by atoms with van der Waals surface area (Å²) in [6.07, 6.45) is 5.07. The van der Waals surface area contributed by atoms with Gasteiger partial charge in [-0.05, 0) is 19.8 Å². The maximum Gasteiger partial charge on any atom is 0.239 e. The Morgan fingerprint density at radius 2 is 2.08 bits per heavy atom. The highest BCUT2D eigenvalue weighted by Crippen LogP contribution is 2.29. The predicted octanol–water partition coefficient (Wildman–Crippen LogP) is 1.28. The van der Waals surface area contributed by atoms with Crippen molar-refractivity contribution >= 4 is 5.95 Å². The molecule has 0 bridgehead atoms. The second-order valence-electron chi connectivity index (χ2n) is 3.40. The lowest BCUT2D eigenvalue weighted by Gasteiger charge is -2.09. The first kappa shape index (κ1) is 7.58. The number of nitrogen functional groups attached to an aromatic ring is 1. The summed E-state index contributed by atoms with van der Waals surface area (Å²) in [4.78, 5) is 4.09. The van der Waals surface area contributed by atoms with Crippen molar-refractivity contribution in [2.45, 2.75) is 38.6 Å². The van der Waals surface area contributed by atoms with E-state index in [4.69, 9.17) is 5.73 Å². The van der Waals surface area contributed by atoms with E-state index in [-0.39, 0.29) is 0 Å². The van der Waals surface area contributed by atoms with Gasteiger partial charge in [0.1, 0.15) is 5.82 Å². The fourth-order valence-electron chi connectivity index (χ4n) is 1.92. The maximum atomic E-state index is 5.50. The van der Waals surface area contributed by atoms with E-state index in [0.717, 1.165) is 5.82 Å². The molecule has 1 aromatic rings. The molecule has 0 unspecified atom stereocenters. The summed E-state index contributed by atoms with van der Waals surface area (Å²) in [6, 6.07) is 0.551. The Hall–Kier alpha value is -1.06. The van der Waals surface area contributed by atoms with E-state index in [9.17, 15) is 0 Å². The van der Waals surface area contributed by atoms with E-state index < -0.39 is 0 Å². The van der Waals surface area contributed by atoms with Crippen LogP contribution in [0.15, 0.2) is 0 Å². The van der Waals surface area contributed by atoms with Crippen LogP contribution in [0.3, 0.4) is 0 Å². The van der Waals surface area contributed by atoms with Gasteiger partial charge in [0.05, 0.1) is 6.04 Å². The minimum atomic E-state index is 0.402. The molecule has 0 radical (unpaired) electrons. The Bertz CT molecular complexity index is 273. The summed E-state index contributed by atoms with van der Waals surface area (Å²) in [5.41, 5.74) is 5.50. The first-order valence-electron chi connectivity index (χ1n) is 4.46. The standard InChI is InChI=1S/C8H14N4/c1-6-10-8(9)11-12(6)7-4-2-3-5-7/h7H,2-5H2,1H3,(H2,9,11). The summed E-state index contributed by atoms with van der Waals surface area (Å²) < 4.78 is 1.97. The van der Waals surface area contributed by atoms with Gasteiger partial charge < -0.3 is 5.73 Å². The van der Waals surface area contributed by atoms with E-state index >= 15 is 0 Å². The molecule has 1 heterocycles. The van der Waals surface area contributed by atoms with Crippen molar-refractivity contribution in [1.82, 2.24) is 14.8 Å². The second-order valence-corrected chi connectivity index (χ2v) is 3.40. The molecule has 1 saturated carbocycles. The predicted molar refractivity (Wildman–Crippen MR) is 46.7 cm³/mol. The van der Waals surface area contributed by atoms with Crippen molar-refractivity contribution in [1.29, 1.82) is 0 Å². The fourth-order valence-corrected chi connectivity index (χ4v) is 1.92. The minimum absolute atomic E-state index is 0.402. The molecule has 4 heteroatoms. The third-order valence-corrected chi connectivity index (χ3v) is 2.49. The van der Waals surface area contributed by atoms with Gasteiger partial charge in [0.15, 0.2) is 0 Å². The summed E-state index contributed by atoms with van der Waals surface area (Å²) in [5, 5.41) is 4.18. The van der Waals surface area contributed by atoms with Crippen LogP contribution in [-0.2, 0) is 0 Å². The lowest BCUT2D eigenvalue weighted by Crippen LogP contribution is -2.08. The van der Waals surface area contributed by atoms with Crippen molar-refractivity contribution in [3.05, 3.63) is 5.82 Å². The van der Waals surface area contributed by atoms with Crippen LogP contribution in [0.1, 0.15) is 37.5 Å². The molecule has 1 fully saturated rings. The molecule has 2 rings (SSSR count). The van der Waals surface area contributed by atoms with Gasteiger partial charge in [0.2, 0.25) is 5.95 Å². The Morgan fingerprint density at radius 1 is 1.42 bits per heavy atom. The quantitative estimate of drug-likeness (QED) is 0.683. The number of rotatable bonds is 1. The average molecular weight is 166 g/mol. The van der Waals surface area contributed by atoms with E-state index in [0.29, 0.717) is 12.0 Å². The number of aryl methyl sites for hydroxylation is 1. The van der Waals surface area contributed by atoms with Crippen LogP contribution in [0.4, 0.5) is 5.95 Å². The second kappa shape index (κ2) is 2.77. The highest BCUT2D eigenvalue weighted by molar-refractivity contribution is 5.13. The Labute approximate surface area is 71.8 Å². The van der Waals surface area contributed by atoms with Crippen LogP contribution >= 0.6 is 0 Å². The third-order valence-electron chi connectivity index (χ3n) is 2.49. The molecular formula is C8H14N4. The third kappa shape index (κ3) is 1.17. The Morgan fingerprint density at radius 3 is 2.58 bits per heavy atom. The largest absolute Gasteiger partial charge is 0.366 e. The Balaban J connectivity index is 2.25. The van der Waals surface area contributed by atoms with Crippen molar-refractivity contribution in [3.63, 3.8) is 0 Å². The highest BCUT2D eigenvalue weighted by Gasteiger charge is 2.19. The molecule has 0 aromatic carbocycles. The number of nitrogens with zero attached hydrogens (tertiary/aromatic N) is 3. The monoisotopic (exact) mass is 166 g/mol. The summed E-state index contributed by atoms with van der Waals surface area (Å²) in [7, 11) is 0. The van der Waals surface area contributed by atoms with Gasteiger partial charge >= 0.3 is 0 Å². The molecule has 1 aliphatic carbocycles. The summed E-state index contributed by atoms with van der Waals surface area (Å²) >= 11 is 0. The number of nitrogens with two attached hydrogens (primary N) is 1. The highest BCUT2D eigenvalue weighted by atomic mass is 15.4. The van der Waals surface area contributed by atoms with Crippen molar-refractivity contribution < 1.29 is 0 Å². The number of anilines is 1. The van der Waals surface area contributed by atoms with Crippen molar-refractivity contribution in [2.75, 3.05) is 5.73 Å². The molecule has 4 nitrogen and oxygen atoms in total. The van der Waals surface area contributed by atoms with Crippen LogP contribution in [-0.4, -0.2) is 14.8 Å². The Kier molecular flexibility index (Phi) is 1.75. The van der Waals surface area contributed by atoms with Crippen LogP contribution in [0.2, 0.25) is 0 Å². The van der Waals surface area contributed by atoms with E-state index in [1.165, 1.54) is 25.7 Å². The minimum Gasteiger partial charge on any atom is -0.366 e. The molecular weight excluding hydrogens is 152 g/mol. The number of hydrogen-bond acceptors (Lipinski definition) is 3. The summed E-state index contributed by atoms with van der Waals surface area (Å²) in [5.74, 6) is 1.35. The zero-order valence-electron chi connectivity index (χ0n) is 7.32. The first-order chi connectivity index (χ1) is 5.77. The average Bonchev–Trinajstić information content (AvgIpc) is 2.58. The lowest BCUT2D eigenvalue weighted by atomic mass is 10.2. The molecule has 0 saturated heterocycles. The van der Waals surface area contributed by atoms with Crippen molar-refractivity contribution in [2.24, 2.45) is 0 Å². The molecule has 1 aromatic heterocycles. The van der Waals surface area contributed by atoms with E-state index in [2.05, 4.69) is 10.1 Å². The number of hydrogen-bond donors (Lipinski definition) is 1. The van der Waals surface area contributed by atoms with E-state index in [1.54, 1.807) is 0 Å². The van der Waals surface area contributed by atoms with Gasteiger partial charge in [-0.25, -0.2) is 4.68 Å². The maximum absolute atomic E-state index is 5.50. The van der Waals surface area contributed by atoms with Gasteiger partial charge in [-0.2, -0.15) is 4.98 Å². The van der Waals surface area contributed by atoms with Gasteiger partial charge in [-0.3, -0.25) is 0 Å². The van der Waals surface area contributed by atoms with Crippen LogP contribution in [0.25, 0.3) is 0 Å². The van der Waals surface area contributed by atoms with Crippen LogP contribution in [0, 0.1) is 6.92 Å². The molecule has 0 spiro atoms. The van der Waals surface area contributed by atoms with Gasteiger partial charge in [0, 0.05) is 0 Å². The smallest absolute Gasteiger partial charge is 0.239 e. The molecule has 2 N–H and O–H groups in total. The first-order valence-corrected chi connectivity index (χ1v) is 4.46. The summed E-state index contributed by atoms with van der Waals surface area (Å²) in [6.45, 7) is 1.96. The van der Waals surface area contributed by atoms with Gasteiger partial charge in [-0.1, -0.05) is 12.8 Å². The topological polar surface area (TPSA) is 56.7 Å². The molecule has 12 heavy (non-hydrogen) atoms. The van der Waals surface area contributed by atoms with Crippen LogP contribution in [0.5, 0.6) is 0 Å². The van der Waals surface area contributed by atoms with Gasteiger partial charge in [0.25, 0.3) is 0 Å². The van der Waals surface area contributed by atoms with Gasteiger partial charge in [-0.15, -0.1) is 5.10 Å². The molecule has 1 aliphatic rings. The van der Waals surface area contributed by atoms with Crippen LogP contribution < -0.4 is 5.73 Å². The fraction of sp³-hybridized carbons (Fsp3) is 0.750. The van der Waals surface area contributed by atoms with Crippen molar-refractivity contribution in [3.8, 4) is 0 Å². The SMILES string of the molecule is Cc1nc(N)nn1C1CCCC1. The van der Waals surface area contributed by atoms with E-state index in [1.807, 2.05) is 11.6 Å². The number of aromatic nitrogens is 3. The molecule has 0 atom stereocenters. The lowest BCUT2D eigenvalue weighted by molar-refractivity contribution is 0.455. The molecule has 0 amide bonds. The normalized spacial score (nSPS) is 18.8.